The number of aliphatic hydroxyl groups excluding tert-OH is 1. The number of amides is 1. The zero-order valence-corrected chi connectivity index (χ0v) is 18.2. The Morgan fingerprint density at radius 2 is 1.58 bits per heavy atom. The smallest absolute Gasteiger partial charge is 0.295 e. The summed E-state index contributed by atoms with van der Waals surface area (Å²) in [6.45, 7) is -0.151. The van der Waals surface area contributed by atoms with Crippen molar-refractivity contribution in [2.75, 3.05) is 19.1 Å². The molecule has 0 spiro atoms. The van der Waals surface area contributed by atoms with E-state index in [0.717, 1.165) is 0 Å². The Morgan fingerprint density at radius 1 is 0.909 bits per heavy atom. The molecule has 0 radical (unpaired) electrons. The van der Waals surface area contributed by atoms with Gasteiger partial charge in [0.15, 0.2) is 5.78 Å². The van der Waals surface area contributed by atoms with Crippen molar-refractivity contribution in [3.8, 4) is 11.5 Å². The van der Waals surface area contributed by atoms with Crippen LogP contribution >= 0.6 is 0 Å². The summed E-state index contributed by atoms with van der Waals surface area (Å²) >= 11 is 0. The van der Waals surface area contributed by atoms with Crippen molar-refractivity contribution in [1.29, 1.82) is 0 Å². The van der Waals surface area contributed by atoms with E-state index in [2.05, 4.69) is 0 Å². The Hall–Kier alpha value is -3.97. The molecule has 33 heavy (non-hydrogen) atoms. The summed E-state index contributed by atoms with van der Waals surface area (Å²) in [6, 6.07) is 19.2. The van der Waals surface area contributed by atoms with Crippen LogP contribution in [0.15, 0.2) is 72.8 Å². The Bertz CT molecular complexity index is 1190. The Kier molecular flexibility index (Phi) is 6.24. The molecule has 1 heterocycles. The number of carbonyl (C=O) groups excluding carboxylic acids is 3. The third kappa shape index (κ3) is 3.99. The number of para-hydroxylation sites is 1. The van der Waals surface area contributed by atoms with E-state index < -0.39 is 29.4 Å². The minimum Gasteiger partial charge on any atom is -0.497 e. The van der Waals surface area contributed by atoms with Crippen molar-refractivity contribution in [2.45, 2.75) is 12.6 Å². The number of hydrogen-bond donors (Lipinski definition) is 1. The van der Waals surface area contributed by atoms with Crippen molar-refractivity contribution in [2.24, 2.45) is 5.92 Å². The van der Waals surface area contributed by atoms with E-state index in [-0.39, 0.29) is 6.61 Å². The van der Waals surface area contributed by atoms with E-state index in [9.17, 15) is 19.5 Å². The number of ether oxygens (including phenoxy) is 2. The summed E-state index contributed by atoms with van der Waals surface area (Å²) in [4.78, 5) is 41.3. The fourth-order valence-electron chi connectivity index (χ4n) is 4.14. The van der Waals surface area contributed by atoms with Crippen LogP contribution in [0.2, 0.25) is 0 Å². The molecule has 0 aliphatic carbocycles. The van der Waals surface area contributed by atoms with Crippen molar-refractivity contribution < 1.29 is 29.0 Å². The number of nitrogens with zero attached hydrogens (tertiary/aromatic N) is 1. The van der Waals surface area contributed by atoms with E-state index in [0.29, 0.717) is 33.9 Å². The number of rotatable bonds is 7. The average molecular weight is 445 g/mol. The maximum absolute atomic E-state index is 13.5. The normalized spacial score (nSPS) is 17.8. The molecule has 2 atom stereocenters. The predicted molar refractivity (Wildman–Crippen MR) is 121 cm³/mol. The Morgan fingerprint density at radius 3 is 2.18 bits per heavy atom. The molecule has 7 heteroatoms. The molecule has 3 aromatic rings. The van der Waals surface area contributed by atoms with Gasteiger partial charge in [-0.1, -0.05) is 30.3 Å². The van der Waals surface area contributed by atoms with Gasteiger partial charge in [0.25, 0.3) is 5.91 Å². The van der Waals surface area contributed by atoms with Gasteiger partial charge in [-0.3, -0.25) is 19.3 Å². The number of anilines is 1. The minimum atomic E-state index is -1.25. The standard InChI is InChI=1S/C26H23NO6/c1-32-19-13-9-17(10-14-19)24(29)22-23(20-5-3-4-6-21(20)33-2)27(26(31)25(22)30)18-11-7-16(15-28)8-12-18/h3-14,22-23,28H,15H2,1-2H3. The second kappa shape index (κ2) is 9.26. The van der Waals surface area contributed by atoms with Crippen LogP contribution in [0.25, 0.3) is 0 Å². The van der Waals surface area contributed by atoms with Crippen LogP contribution in [0.3, 0.4) is 0 Å². The predicted octanol–water partition coefficient (Wildman–Crippen LogP) is 3.35. The lowest BCUT2D eigenvalue weighted by Gasteiger charge is -2.28. The van der Waals surface area contributed by atoms with Crippen LogP contribution < -0.4 is 14.4 Å². The number of Topliss-reactive ketones (excluding diaryl/α,β-unsaturated/α-hetero) is 2. The van der Waals surface area contributed by atoms with Gasteiger partial charge in [0.2, 0.25) is 5.78 Å². The fraction of sp³-hybridized carbons (Fsp3) is 0.192. The van der Waals surface area contributed by atoms with Crippen LogP contribution in [-0.2, 0) is 16.2 Å². The maximum Gasteiger partial charge on any atom is 0.295 e. The summed E-state index contributed by atoms with van der Waals surface area (Å²) in [5.41, 5.74) is 1.97. The van der Waals surface area contributed by atoms with Gasteiger partial charge in [0, 0.05) is 16.8 Å². The van der Waals surface area contributed by atoms with Gasteiger partial charge < -0.3 is 14.6 Å². The minimum absolute atomic E-state index is 0.151. The molecule has 1 fully saturated rings. The summed E-state index contributed by atoms with van der Waals surface area (Å²) < 4.78 is 10.7. The molecule has 1 N–H and O–H groups in total. The molecule has 3 aromatic carbocycles. The molecule has 2 unspecified atom stereocenters. The fourth-order valence-corrected chi connectivity index (χ4v) is 4.14. The van der Waals surface area contributed by atoms with Crippen molar-refractivity contribution in [3.63, 3.8) is 0 Å². The lowest BCUT2D eigenvalue weighted by atomic mass is 9.86. The third-order valence-electron chi connectivity index (χ3n) is 5.82. The van der Waals surface area contributed by atoms with Crippen LogP contribution in [0.4, 0.5) is 5.69 Å². The number of aliphatic hydroxyl groups is 1. The molecule has 1 saturated heterocycles. The van der Waals surface area contributed by atoms with Gasteiger partial charge in [0.1, 0.15) is 17.4 Å². The summed E-state index contributed by atoms with van der Waals surface area (Å²) in [5, 5.41) is 9.36. The molecular weight excluding hydrogens is 422 g/mol. The molecule has 7 nitrogen and oxygen atoms in total. The highest BCUT2D eigenvalue weighted by atomic mass is 16.5. The Balaban J connectivity index is 1.85. The topological polar surface area (TPSA) is 93.1 Å². The molecule has 0 aromatic heterocycles. The first-order chi connectivity index (χ1) is 16.0. The van der Waals surface area contributed by atoms with E-state index >= 15 is 0 Å². The van der Waals surface area contributed by atoms with Gasteiger partial charge in [0.05, 0.1) is 26.9 Å². The molecule has 0 bridgehead atoms. The first-order valence-corrected chi connectivity index (χ1v) is 10.4. The molecular formula is C26H23NO6. The molecule has 1 amide bonds. The monoisotopic (exact) mass is 445 g/mol. The summed E-state index contributed by atoms with van der Waals surface area (Å²) in [5.74, 6) is -2.21. The van der Waals surface area contributed by atoms with Gasteiger partial charge >= 0.3 is 0 Å². The van der Waals surface area contributed by atoms with Gasteiger partial charge in [-0.2, -0.15) is 0 Å². The largest absolute Gasteiger partial charge is 0.497 e. The second-order valence-corrected chi connectivity index (χ2v) is 7.62. The van der Waals surface area contributed by atoms with Crippen molar-refractivity contribution in [1.82, 2.24) is 0 Å². The second-order valence-electron chi connectivity index (χ2n) is 7.62. The molecule has 1 aliphatic heterocycles. The highest BCUT2D eigenvalue weighted by molar-refractivity contribution is 6.49. The summed E-state index contributed by atoms with van der Waals surface area (Å²) in [6.07, 6.45) is 0. The number of methoxy groups -OCH3 is 2. The highest BCUT2D eigenvalue weighted by Crippen LogP contribution is 2.44. The third-order valence-corrected chi connectivity index (χ3v) is 5.82. The van der Waals surface area contributed by atoms with Crippen LogP contribution in [0, 0.1) is 5.92 Å². The molecule has 1 aliphatic rings. The molecule has 0 saturated carbocycles. The van der Waals surface area contributed by atoms with Crippen LogP contribution in [0.5, 0.6) is 11.5 Å². The van der Waals surface area contributed by atoms with E-state index in [1.165, 1.54) is 19.1 Å². The zero-order chi connectivity index (χ0) is 23.5. The Labute approximate surface area is 191 Å². The lowest BCUT2D eigenvalue weighted by Crippen LogP contribution is -2.31. The van der Waals surface area contributed by atoms with Gasteiger partial charge in [-0.15, -0.1) is 0 Å². The maximum atomic E-state index is 13.5. The lowest BCUT2D eigenvalue weighted by molar-refractivity contribution is -0.135. The van der Waals surface area contributed by atoms with E-state index in [1.807, 2.05) is 0 Å². The van der Waals surface area contributed by atoms with Gasteiger partial charge in [-0.25, -0.2) is 0 Å². The summed E-state index contributed by atoms with van der Waals surface area (Å²) in [7, 11) is 3.02. The number of carbonyl (C=O) groups is 3. The molecule has 4 rings (SSSR count). The van der Waals surface area contributed by atoms with Crippen molar-refractivity contribution in [3.05, 3.63) is 89.5 Å². The van der Waals surface area contributed by atoms with E-state index in [1.54, 1.807) is 72.8 Å². The van der Waals surface area contributed by atoms with Crippen LogP contribution in [-0.4, -0.2) is 36.8 Å². The van der Waals surface area contributed by atoms with Crippen LogP contribution in [0.1, 0.15) is 27.5 Å². The highest BCUT2D eigenvalue weighted by Gasteiger charge is 2.53. The average Bonchev–Trinajstić information content (AvgIpc) is 3.13. The zero-order valence-electron chi connectivity index (χ0n) is 18.2. The SMILES string of the molecule is COc1ccc(C(=O)C2C(=O)C(=O)N(c3ccc(CO)cc3)C2c2ccccc2OC)cc1. The first kappa shape index (κ1) is 22.2. The first-order valence-electron chi connectivity index (χ1n) is 10.4. The number of hydrogen-bond acceptors (Lipinski definition) is 6. The van der Waals surface area contributed by atoms with Crippen molar-refractivity contribution >= 4 is 23.2 Å². The number of benzene rings is 3. The molecule has 168 valence electrons. The van der Waals surface area contributed by atoms with Gasteiger partial charge in [-0.05, 0) is 48.0 Å². The van der Waals surface area contributed by atoms with E-state index in [4.69, 9.17) is 9.47 Å². The quantitative estimate of drug-likeness (QED) is 0.341. The number of ketones is 2.